The van der Waals surface area contributed by atoms with Crippen LogP contribution in [0.15, 0.2) is 0 Å². The van der Waals surface area contributed by atoms with E-state index >= 15 is 0 Å². The van der Waals surface area contributed by atoms with Crippen LogP contribution >= 0.6 is 15.2 Å². The van der Waals surface area contributed by atoms with Gasteiger partial charge in [-0.05, 0) is 0 Å². The lowest BCUT2D eigenvalue weighted by Crippen LogP contribution is -2.34. The van der Waals surface area contributed by atoms with Gasteiger partial charge in [0, 0.05) is 6.54 Å². The van der Waals surface area contributed by atoms with Gasteiger partial charge in [0.05, 0.1) is 6.16 Å². The van der Waals surface area contributed by atoms with E-state index in [9.17, 15) is 9.13 Å². The summed E-state index contributed by atoms with van der Waals surface area (Å²) < 4.78 is 21.3. The number of hydrogen-bond donors (Lipinski definition) is 5. The van der Waals surface area contributed by atoms with Gasteiger partial charge >= 0.3 is 15.2 Å². The molecular weight excluding hydrogens is 236 g/mol. The van der Waals surface area contributed by atoms with Crippen LogP contribution in [0.4, 0.5) is 0 Å². The van der Waals surface area contributed by atoms with Crippen molar-refractivity contribution in [2.75, 3.05) is 12.7 Å². The first kappa shape index (κ1) is 14.2. The summed E-state index contributed by atoms with van der Waals surface area (Å²) in [5.41, 5.74) is 0. The smallest absolute Gasteiger partial charge is 0.324 e. The van der Waals surface area contributed by atoms with E-state index in [1.54, 1.807) is 0 Å². The van der Waals surface area contributed by atoms with Gasteiger partial charge < -0.3 is 24.8 Å². The summed E-state index contributed by atoms with van der Waals surface area (Å²) in [6.45, 7) is 1.25. The molecule has 0 radical (unpaired) electrons. The molecule has 0 aromatic rings. The fourth-order valence-corrected chi connectivity index (χ4v) is 3.41. The van der Waals surface area contributed by atoms with Crippen molar-refractivity contribution in [3.63, 3.8) is 0 Å². The Hall–Kier alpha value is 0.220. The van der Waals surface area contributed by atoms with Crippen LogP contribution in [0.2, 0.25) is 0 Å². The predicted octanol–water partition coefficient (Wildman–Crippen LogP) is -0.621. The lowest BCUT2D eigenvalue weighted by atomic mass is 10.6. The van der Waals surface area contributed by atoms with E-state index in [-0.39, 0.29) is 11.6 Å². The van der Waals surface area contributed by atoms with Crippen molar-refractivity contribution in [2.45, 2.75) is 12.7 Å². The van der Waals surface area contributed by atoms with Gasteiger partial charge in [0.15, 0.2) is 0 Å². The lowest BCUT2D eigenvalue weighted by Gasteiger charge is -2.25. The van der Waals surface area contributed by atoms with Crippen LogP contribution in [0, 0.1) is 0 Å². The van der Waals surface area contributed by atoms with Gasteiger partial charge in [-0.25, -0.2) is 0 Å². The van der Waals surface area contributed by atoms with Crippen LogP contribution < -0.4 is 0 Å². The summed E-state index contributed by atoms with van der Waals surface area (Å²) in [6.07, 6.45) is -1.08. The van der Waals surface area contributed by atoms with Gasteiger partial charge in [0.2, 0.25) is 0 Å². The summed E-state index contributed by atoms with van der Waals surface area (Å²) in [7, 11) is -9.34. The molecule has 10 heteroatoms. The number of nitrogens with zero attached hydrogens (tertiary/aromatic N) is 1. The molecule has 0 rings (SSSR count). The average Bonchev–Trinajstić information content (AvgIpc) is 1.95. The van der Waals surface area contributed by atoms with E-state index < -0.39 is 27.1 Å². The highest BCUT2D eigenvalue weighted by Crippen LogP contribution is 2.49. The third-order valence-electron chi connectivity index (χ3n) is 1.46. The minimum Gasteiger partial charge on any atom is -0.324 e. The maximum Gasteiger partial charge on any atom is 0.345 e. The van der Waals surface area contributed by atoms with Crippen molar-refractivity contribution >= 4 is 15.2 Å². The van der Waals surface area contributed by atoms with Crippen molar-refractivity contribution in [3.05, 3.63) is 0 Å². The SMILES string of the molecule is CCN(O)C(CP(=O)(O)O)P(=O)(O)O. The molecule has 0 aromatic carbocycles. The molecule has 0 aliphatic rings. The molecule has 1 atom stereocenters. The highest BCUT2D eigenvalue weighted by atomic mass is 31.2. The first-order valence-corrected chi connectivity index (χ1v) is 7.11. The minimum absolute atomic E-state index is 0.143. The molecule has 0 aliphatic heterocycles. The monoisotopic (exact) mass is 249 g/mol. The third kappa shape index (κ3) is 5.19. The topological polar surface area (TPSA) is 139 Å². The van der Waals surface area contributed by atoms with Gasteiger partial charge in [0.1, 0.15) is 5.78 Å². The highest BCUT2D eigenvalue weighted by molar-refractivity contribution is 7.56. The zero-order chi connectivity index (χ0) is 11.6. The molecule has 5 N–H and O–H groups in total. The molecule has 0 aliphatic carbocycles. The first-order chi connectivity index (χ1) is 6.08. The molecule has 0 amide bonds. The third-order valence-corrected chi connectivity index (χ3v) is 3.79. The van der Waals surface area contributed by atoms with Crippen LogP contribution in [0.3, 0.4) is 0 Å². The van der Waals surface area contributed by atoms with E-state index in [1.165, 1.54) is 6.92 Å². The maximum absolute atomic E-state index is 10.8. The normalized spacial score (nSPS) is 15.9. The molecule has 8 nitrogen and oxygen atoms in total. The summed E-state index contributed by atoms with van der Waals surface area (Å²) >= 11 is 0. The van der Waals surface area contributed by atoms with Gasteiger partial charge in [-0.2, -0.15) is 5.06 Å². The van der Waals surface area contributed by atoms with Crippen LogP contribution in [0.25, 0.3) is 0 Å². The highest BCUT2D eigenvalue weighted by Gasteiger charge is 2.38. The summed E-state index contributed by atoms with van der Waals surface area (Å²) in [5.74, 6) is -1.87. The Balaban J connectivity index is 4.76. The van der Waals surface area contributed by atoms with Crippen molar-refractivity contribution in [1.29, 1.82) is 0 Å². The Morgan fingerprint density at radius 2 is 1.64 bits per heavy atom. The quantitative estimate of drug-likeness (QED) is 0.321. The minimum atomic E-state index is -4.76. The lowest BCUT2D eigenvalue weighted by molar-refractivity contribution is -0.0994. The van der Waals surface area contributed by atoms with Gasteiger partial charge in [-0.3, -0.25) is 9.13 Å². The fourth-order valence-electron chi connectivity index (χ4n) is 0.798. The Morgan fingerprint density at radius 3 is 1.86 bits per heavy atom. The molecule has 0 saturated heterocycles. The fraction of sp³-hybridized carbons (Fsp3) is 1.00. The second kappa shape index (κ2) is 4.83. The Bertz CT molecular complexity index is 269. The molecule has 86 valence electrons. The van der Waals surface area contributed by atoms with Gasteiger partial charge in [-0.15, -0.1) is 0 Å². The maximum atomic E-state index is 10.8. The van der Waals surface area contributed by atoms with E-state index in [0.717, 1.165) is 0 Å². The zero-order valence-electron chi connectivity index (χ0n) is 7.39. The average molecular weight is 249 g/mol. The summed E-state index contributed by atoms with van der Waals surface area (Å²) in [4.78, 5) is 34.5. The second-order valence-corrected chi connectivity index (χ2v) is 6.14. The Morgan fingerprint density at radius 1 is 1.21 bits per heavy atom. The number of hydroxylamine groups is 2. The Kier molecular flexibility index (Phi) is 4.90. The van der Waals surface area contributed by atoms with Crippen LogP contribution in [-0.4, -0.2) is 48.3 Å². The van der Waals surface area contributed by atoms with E-state index in [1.807, 2.05) is 0 Å². The van der Waals surface area contributed by atoms with Gasteiger partial charge in [-0.1, -0.05) is 6.92 Å². The molecule has 14 heavy (non-hydrogen) atoms. The molecular formula is C4H13NO7P2. The van der Waals surface area contributed by atoms with Crippen molar-refractivity contribution in [1.82, 2.24) is 5.06 Å². The molecule has 0 aromatic heterocycles. The standard InChI is InChI=1S/C4H13NO7P2/c1-2-5(6)4(14(10,11)12)3-13(7,8)9/h4,6H,2-3H2,1H3,(H2,7,8,9)(H2,10,11,12). The zero-order valence-corrected chi connectivity index (χ0v) is 9.17. The van der Waals surface area contributed by atoms with Crippen LogP contribution in [0.1, 0.15) is 6.92 Å². The van der Waals surface area contributed by atoms with Crippen molar-refractivity contribution in [3.8, 4) is 0 Å². The molecule has 0 fully saturated rings. The molecule has 0 spiro atoms. The van der Waals surface area contributed by atoms with E-state index in [2.05, 4.69) is 0 Å². The second-order valence-electron chi connectivity index (χ2n) is 2.67. The largest absolute Gasteiger partial charge is 0.345 e. The predicted molar refractivity (Wildman–Crippen MR) is 46.9 cm³/mol. The molecule has 0 bridgehead atoms. The summed E-state index contributed by atoms with van der Waals surface area (Å²) in [5, 5.41) is 9.24. The van der Waals surface area contributed by atoms with Crippen molar-refractivity contribution in [2.24, 2.45) is 0 Å². The number of rotatable bonds is 5. The molecule has 0 heterocycles. The van der Waals surface area contributed by atoms with E-state index in [0.29, 0.717) is 0 Å². The molecule has 0 saturated carbocycles. The number of hydrogen-bond acceptors (Lipinski definition) is 4. The Labute approximate surface area is 80.4 Å². The van der Waals surface area contributed by atoms with Crippen LogP contribution in [-0.2, 0) is 9.13 Å². The van der Waals surface area contributed by atoms with E-state index in [4.69, 9.17) is 24.8 Å². The molecule has 1 unspecified atom stereocenters. The summed E-state index contributed by atoms with van der Waals surface area (Å²) in [6, 6.07) is 0. The van der Waals surface area contributed by atoms with Crippen molar-refractivity contribution < 1.29 is 33.9 Å². The first-order valence-electron chi connectivity index (χ1n) is 3.63. The van der Waals surface area contributed by atoms with Crippen LogP contribution in [0.5, 0.6) is 0 Å². The van der Waals surface area contributed by atoms with Gasteiger partial charge in [0.25, 0.3) is 0 Å².